The molecule has 1 aliphatic carbocycles. The van der Waals surface area contributed by atoms with Crippen molar-refractivity contribution in [2.24, 2.45) is 5.92 Å². The van der Waals surface area contributed by atoms with Crippen LogP contribution >= 0.6 is 11.6 Å². The molecular formula is C14H17ClF2N2O. The molecule has 1 saturated carbocycles. The van der Waals surface area contributed by atoms with Crippen LogP contribution in [0.1, 0.15) is 31.2 Å². The van der Waals surface area contributed by atoms with Gasteiger partial charge in [0.2, 0.25) is 11.8 Å². The lowest BCUT2D eigenvalue weighted by Crippen LogP contribution is -2.32. The molecule has 0 aliphatic heterocycles. The highest BCUT2D eigenvalue weighted by Gasteiger charge is 2.37. The zero-order valence-electron chi connectivity index (χ0n) is 11.2. The van der Waals surface area contributed by atoms with Crippen molar-refractivity contribution in [1.82, 2.24) is 0 Å². The first-order valence-corrected chi connectivity index (χ1v) is 6.90. The zero-order valence-corrected chi connectivity index (χ0v) is 11.9. The molecule has 20 heavy (non-hydrogen) atoms. The molecule has 0 heterocycles. The van der Waals surface area contributed by atoms with Gasteiger partial charge in [0.25, 0.3) is 0 Å². The van der Waals surface area contributed by atoms with Crippen molar-refractivity contribution in [3.63, 3.8) is 0 Å². The SMILES string of the molecule is Cc1cc(N)c(Cl)cc1NC(=O)C1CCC(F)(F)CC1. The van der Waals surface area contributed by atoms with E-state index in [9.17, 15) is 13.6 Å². The number of carbonyl (C=O) groups excluding carboxylic acids is 1. The van der Waals surface area contributed by atoms with E-state index in [0.717, 1.165) is 5.56 Å². The van der Waals surface area contributed by atoms with Gasteiger partial charge in [0.05, 0.1) is 10.7 Å². The van der Waals surface area contributed by atoms with Crippen LogP contribution in [0.4, 0.5) is 20.2 Å². The molecule has 1 aromatic rings. The van der Waals surface area contributed by atoms with Crippen LogP contribution in [-0.2, 0) is 4.79 Å². The molecule has 1 aliphatic rings. The second-order valence-corrected chi connectivity index (χ2v) is 5.72. The average molecular weight is 303 g/mol. The maximum atomic E-state index is 13.1. The van der Waals surface area contributed by atoms with Crippen molar-refractivity contribution < 1.29 is 13.6 Å². The Morgan fingerprint density at radius 1 is 1.40 bits per heavy atom. The van der Waals surface area contributed by atoms with E-state index >= 15 is 0 Å². The summed E-state index contributed by atoms with van der Waals surface area (Å²) in [5, 5.41) is 3.11. The summed E-state index contributed by atoms with van der Waals surface area (Å²) in [7, 11) is 0. The van der Waals surface area contributed by atoms with Gasteiger partial charge in [0.15, 0.2) is 0 Å². The molecule has 1 aromatic carbocycles. The van der Waals surface area contributed by atoms with Gasteiger partial charge in [-0.25, -0.2) is 8.78 Å². The van der Waals surface area contributed by atoms with Crippen molar-refractivity contribution in [1.29, 1.82) is 0 Å². The minimum Gasteiger partial charge on any atom is -0.398 e. The number of hydrogen-bond donors (Lipinski definition) is 2. The van der Waals surface area contributed by atoms with Crippen LogP contribution in [0.25, 0.3) is 0 Å². The van der Waals surface area contributed by atoms with Crippen LogP contribution in [0.15, 0.2) is 12.1 Å². The van der Waals surface area contributed by atoms with Crippen LogP contribution in [0.3, 0.4) is 0 Å². The highest BCUT2D eigenvalue weighted by molar-refractivity contribution is 6.33. The Hall–Kier alpha value is -1.36. The van der Waals surface area contributed by atoms with Gasteiger partial charge >= 0.3 is 0 Å². The number of benzene rings is 1. The highest BCUT2D eigenvalue weighted by Crippen LogP contribution is 2.37. The Bertz CT molecular complexity index is 524. The largest absolute Gasteiger partial charge is 0.398 e. The Labute approximate surface area is 121 Å². The van der Waals surface area contributed by atoms with E-state index in [0.29, 0.717) is 16.4 Å². The van der Waals surface area contributed by atoms with E-state index in [1.807, 2.05) is 0 Å². The van der Waals surface area contributed by atoms with Gasteiger partial charge in [-0.05, 0) is 37.5 Å². The number of alkyl halides is 2. The molecular weight excluding hydrogens is 286 g/mol. The minimum absolute atomic E-state index is 0.209. The summed E-state index contributed by atoms with van der Waals surface area (Å²) in [6, 6.07) is 3.26. The zero-order chi connectivity index (χ0) is 14.9. The topological polar surface area (TPSA) is 55.1 Å². The number of aryl methyl sites for hydroxylation is 1. The summed E-state index contributed by atoms with van der Waals surface area (Å²) in [4.78, 5) is 12.1. The van der Waals surface area contributed by atoms with E-state index in [4.69, 9.17) is 17.3 Å². The molecule has 2 rings (SSSR count). The molecule has 0 saturated heterocycles. The molecule has 3 nitrogen and oxygen atoms in total. The Morgan fingerprint density at radius 2 is 2.00 bits per heavy atom. The third-order valence-electron chi connectivity index (χ3n) is 3.69. The second-order valence-electron chi connectivity index (χ2n) is 5.31. The van der Waals surface area contributed by atoms with E-state index in [1.54, 1.807) is 19.1 Å². The predicted octanol–water partition coefficient (Wildman–Crippen LogP) is 3.99. The molecule has 0 aromatic heterocycles. The van der Waals surface area contributed by atoms with Crippen LogP contribution in [0, 0.1) is 12.8 Å². The van der Waals surface area contributed by atoms with Gasteiger partial charge in [0, 0.05) is 24.4 Å². The maximum Gasteiger partial charge on any atom is 0.248 e. The van der Waals surface area contributed by atoms with Crippen molar-refractivity contribution in [3.05, 3.63) is 22.7 Å². The third kappa shape index (κ3) is 3.39. The Morgan fingerprint density at radius 3 is 2.60 bits per heavy atom. The maximum absolute atomic E-state index is 13.1. The number of rotatable bonds is 2. The van der Waals surface area contributed by atoms with Crippen molar-refractivity contribution >= 4 is 28.9 Å². The standard InChI is InChI=1S/C14H17ClF2N2O/c1-8-6-11(18)10(15)7-12(8)19-13(20)9-2-4-14(16,17)5-3-9/h6-7,9H,2-5,18H2,1H3,(H,19,20). The molecule has 0 bridgehead atoms. The van der Waals surface area contributed by atoms with Gasteiger partial charge in [0.1, 0.15) is 0 Å². The smallest absolute Gasteiger partial charge is 0.248 e. The van der Waals surface area contributed by atoms with Crippen LogP contribution in [0.2, 0.25) is 5.02 Å². The van der Waals surface area contributed by atoms with Crippen molar-refractivity contribution in [3.8, 4) is 0 Å². The number of nitrogens with one attached hydrogen (secondary N) is 1. The van der Waals surface area contributed by atoms with Crippen LogP contribution in [-0.4, -0.2) is 11.8 Å². The fourth-order valence-corrected chi connectivity index (χ4v) is 2.54. The van der Waals surface area contributed by atoms with Crippen LogP contribution in [0.5, 0.6) is 0 Å². The summed E-state index contributed by atoms with van der Waals surface area (Å²) in [5.41, 5.74) is 7.48. The first kappa shape index (κ1) is 15.0. The molecule has 3 N–H and O–H groups in total. The monoisotopic (exact) mass is 302 g/mol. The van der Waals surface area contributed by atoms with E-state index < -0.39 is 5.92 Å². The van der Waals surface area contributed by atoms with Gasteiger partial charge < -0.3 is 11.1 Å². The number of carbonyl (C=O) groups is 1. The molecule has 1 fully saturated rings. The molecule has 1 amide bonds. The highest BCUT2D eigenvalue weighted by atomic mass is 35.5. The van der Waals surface area contributed by atoms with E-state index in [2.05, 4.69) is 5.32 Å². The molecule has 6 heteroatoms. The number of nitrogens with two attached hydrogens (primary N) is 1. The summed E-state index contributed by atoms with van der Waals surface area (Å²) in [5.74, 6) is -3.23. The normalized spacial score (nSPS) is 18.8. The fraction of sp³-hybridized carbons (Fsp3) is 0.500. The second kappa shape index (κ2) is 5.56. The summed E-state index contributed by atoms with van der Waals surface area (Å²) in [6.45, 7) is 1.80. The quantitative estimate of drug-likeness (QED) is 0.811. The molecule has 0 radical (unpaired) electrons. The van der Waals surface area contributed by atoms with Gasteiger partial charge in [-0.3, -0.25) is 4.79 Å². The van der Waals surface area contributed by atoms with Crippen LogP contribution < -0.4 is 11.1 Å². The lowest BCUT2D eigenvalue weighted by Gasteiger charge is -2.27. The lowest BCUT2D eigenvalue weighted by molar-refractivity contribution is -0.124. The Balaban J connectivity index is 2.04. The molecule has 110 valence electrons. The average Bonchev–Trinajstić information content (AvgIpc) is 2.35. The first-order chi connectivity index (χ1) is 9.28. The molecule has 0 atom stereocenters. The third-order valence-corrected chi connectivity index (χ3v) is 4.02. The number of hydrogen-bond acceptors (Lipinski definition) is 2. The summed E-state index contributed by atoms with van der Waals surface area (Å²) >= 11 is 5.92. The predicted molar refractivity (Wildman–Crippen MR) is 76.1 cm³/mol. The van der Waals surface area contributed by atoms with E-state index in [1.165, 1.54) is 0 Å². The number of halogens is 3. The fourth-order valence-electron chi connectivity index (χ4n) is 2.38. The number of nitrogen functional groups attached to an aromatic ring is 1. The number of amides is 1. The van der Waals surface area contributed by atoms with Crippen molar-refractivity contribution in [2.75, 3.05) is 11.1 Å². The summed E-state index contributed by atoms with van der Waals surface area (Å²) < 4.78 is 26.1. The van der Waals surface area contributed by atoms with Crippen molar-refractivity contribution in [2.45, 2.75) is 38.5 Å². The van der Waals surface area contributed by atoms with Gasteiger partial charge in [-0.1, -0.05) is 11.6 Å². The minimum atomic E-state index is -2.63. The Kier molecular flexibility index (Phi) is 4.18. The lowest BCUT2D eigenvalue weighted by atomic mass is 9.86. The first-order valence-electron chi connectivity index (χ1n) is 6.53. The van der Waals surface area contributed by atoms with Gasteiger partial charge in [-0.2, -0.15) is 0 Å². The summed E-state index contributed by atoms with van der Waals surface area (Å²) in [6.07, 6.45) is -0.0414. The molecule has 0 unspecified atom stereocenters. The van der Waals surface area contributed by atoms with E-state index in [-0.39, 0.29) is 37.5 Å². The number of anilines is 2. The van der Waals surface area contributed by atoms with Gasteiger partial charge in [-0.15, -0.1) is 0 Å². The molecule has 0 spiro atoms.